The largest absolute Gasteiger partial charge is 0.324 e. The summed E-state index contributed by atoms with van der Waals surface area (Å²) in [5.41, 5.74) is 3.21. The van der Waals surface area contributed by atoms with Crippen molar-refractivity contribution >= 4 is 38.4 Å². The molecule has 4 nitrogen and oxygen atoms in total. The third-order valence-corrected chi connectivity index (χ3v) is 4.48. The second-order valence-corrected chi connectivity index (χ2v) is 6.69. The van der Waals surface area contributed by atoms with E-state index in [1.54, 1.807) is 6.07 Å². The highest BCUT2D eigenvalue weighted by molar-refractivity contribution is 9.10. The van der Waals surface area contributed by atoms with Gasteiger partial charge < -0.3 is 5.32 Å². The van der Waals surface area contributed by atoms with E-state index in [9.17, 15) is 9.59 Å². The smallest absolute Gasteiger partial charge is 0.251 e. The number of carbonyl (C=O) groups excluding carboxylic acids is 1. The van der Waals surface area contributed by atoms with Gasteiger partial charge in [-0.15, -0.1) is 0 Å². The lowest BCUT2D eigenvalue weighted by Gasteiger charge is -2.13. The molecule has 0 spiro atoms. The molecule has 0 unspecified atom stereocenters. The van der Waals surface area contributed by atoms with E-state index in [0.29, 0.717) is 0 Å². The fourth-order valence-corrected chi connectivity index (χ4v) is 3.24. The molecule has 1 aromatic heterocycles. The number of para-hydroxylation sites is 1. The third-order valence-electron chi connectivity index (χ3n) is 3.99. The van der Waals surface area contributed by atoms with Gasteiger partial charge in [-0.3, -0.25) is 14.2 Å². The van der Waals surface area contributed by atoms with Crippen LogP contribution in [-0.4, -0.2) is 10.5 Å². The summed E-state index contributed by atoms with van der Waals surface area (Å²) in [6, 6.07) is 14.8. The number of halogens is 1. The Kier molecular flexibility index (Phi) is 4.53. The molecule has 0 aliphatic carbocycles. The first kappa shape index (κ1) is 16.5. The van der Waals surface area contributed by atoms with Gasteiger partial charge in [0.25, 0.3) is 5.56 Å². The van der Waals surface area contributed by atoms with Gasteiger partial charge >= 0.3 is 0 Å². The number of anilines is 1. The van der Waals surface area contributed by atoms with Crippen molar-refractivity contribution in [1.82, 2.24) is 4.57 Å². The van der Waals surface area contributed by atoms with E-state index in [0.717, 1.165) is 32.2 Å². The highest BCUT2D eigenvalue weighted by Gasteiger charge is 2.11. The number of aromatic nitrogens is 1. The average molecular weight is 385 g/mol. The Bertz CT molecular complexity index is 992. The molecule has 5 heteroatoms. The van der Waals surface area contributed by atoms with E-state index >= 15 is 0 Å². The Balaban J connectivity index is 1.92. The fraction of sp³-hybridized carbons (Fsp3) is 0.158. The van der Waals surface area contributed by atoms with Crippen LogP contribution in [0, 0.1) is 13.8 Å². The van der Waals surface area contributed by atoms with Crippen LogP contribution in [0.4, 0.5) is 5.69 Å². The molecule has 0 saturated carbocycles. The van der Waals surface area contributed by atoms with E-state index in [2.05, 4.69) is 21.2 Å². The number of nitrogens with one attached hydrogen (secondary N) is 1. The molecule has 3 rings (SSSR count). The maximum Gasteiger partial charge on any atom is 0.251 e. The molecule has 0 bridgehead atoms. The third kappa shape index (κ3) is 3.26. The minimum atomic E-state index is -0.225. The number of fused-ring (bicyclic) bond motifs is 1. The molecule has 24 heavy (non-hydrogen) atoms. The second-order valence-electron chi connectivity index (χ2n) is 5.78. The molecule has 0 atom stereocenters. The maximum atomic E-state index is 12.4. The maximum absolute atomic E-state index is 12.4. The summed E-state index contributed by atoms with van der Waals surface area (Å²) in [7, 11) is 0. The quantitative estimate of drug-likeness (QED) is 0.741. The van der Waals surface area contributed by atoms with Gasteiger partial charge in [-0.05, 0) is 49.2 Å². The van der Waals surface area contributed by atoms with Crippen molar-refractivity contribution in [3.8, 4) is 0 Å². The van der Waals surface area contributed by atoms with E-state index in [1.807, 2.05) is 56.3 Å². The first-order valence-electron chi connectivity index (χ1n) is 7.61. The van der Waals surface area contributed by atoms with Crippen molar-refractivity contribution in [3.63, 3.8) is 0 Å². The van der Waals surface area contributed by atoms with Crippen molar-refractivity contribution in [3.05, 3.63) is 74.5 Å². The van der Waals surface area contributed by atoms with Crippen molar-refractivity contribution in [2.75, 3.05) is 5.32 Å². The van der Waals surface area contributed by atoms with E-state index in [4.69, 9.17) is 0 Å². The first-order chi connectivity index (χ1) is 11.5. The van der Waals surface area contributed by atoms with Gasteiger partial charge in [0.15, 0.2) is 0 Å². The molecule has 1 amide bonds. The van der Waals surface area contributed by atoms with E-state index < -0.39 is 0 Å². The summed E-state index contributed by atoms with van der Waals surface area (Å²) < 4.78 is 2.46. The van der Waals surface area contributed by atoms with Crippen molar-refractivity contribution < 1.29 is 4.79 Å². The van der Waals surface area contributed by atoms with Gasteiger partial charge in [-0.25, -0.2) is 0 Å². The fourth-order valence-electron chi connectivity index (χ4n) is 2.77. The molecule has 2 aromatic carbocycles. The van der Waals surface area contributed by atoms with Crippen LogP contribution >= 0.6 is 15.9 Å². The van der Waals surface area contributed by atoms with Crippen LogP contribution in [0.1, 0.15) is 11.1 Å². The molecular formula is C19H17BrN2O2. The molecule has 1 heterocycles. The van der Waals surface area contributed by atoms with Crippen LogP contribution in [0.25, 0.3) is 10.9 Å². The SMILES string of the molecule is Cc1cc(Br)ccc1NC(=O)Cn1c(=O)cc(C)c2ccccc21. The zero-order chi connectivity index (χ0) is 17.3. The van der Waals surface area contributed by atoms with Crippen molar-refractivity contribution in [2.24, 2.45) is 0 Å². The number of benzene rings is 2. The molecule has 0 fully saturated rings. The number of carbonyl (C=O) groups is 1. The topological polar surface area (TPSA) is 51.1 Å². The molecule has 0 radical (unpaired) electrons. The number of rotatable bonds is 3. The summed E-state index contributed by atoms with van der Waals surface area (Å²) in [6.07, 6.45) is 0. The molecule has 1 N–H and O–H groups in total. The number of nitrogens with zero attached hydrogens (tertiary/aromatic N) is 1. The summed E-state index contributed by atoms with van der Waals surface area (Å²) in [6.45, 7) is 3.81. The van der Waals surface area contributed by atoms with E-state index in [1.165, 1.54) is 4.57 Å². The minimum Gasteiger partial charge on any atom is -0.324 e. The highest BCUT2D eigenvalue weighted by atomic mass is 79.9. The standard InChI is InChI=1S/C19H17BrN2O2/c1-12-10-19(24)22(17-6-4-3-5-15(12)17)11-18(23)21-16-8-7-14(20)9-13(16)2/h3-10H,11H2,1-2H3,(H,21,23). The van der Waals surface area contributed by atoms with Gasteiger partial charge in [0.1, 0.15) is 6.54 Å². The van der Waals surface area contributed by atoms with Gasteiger partial charge in [-0.1, -0.05) is 34.1 Å². The Hall–Kier alpha value is -2.40. The number of pyridine rings is 1. The molecular weight excluding hydrogens is 368 g/mol. The van der Waals surface area contributed by atoms with Gasteiger partial charge in [0, 0.05) is 21.6 Å². The summed E-state index contributed by atoms with van der Waals surface area (Å²) in [4.78, 5) is 24.7. The summed E-state index contributed by atoms with van der Waals surface area (Å²) >= 11 is 3.40. The van der Waals surface area contributed by atoms with Gasteiger partial charge in [0.05, 0.1) is 5.52 Å². The van der Waals surface area contributed by atoms with Crippen LogP contribution in [0.3, 0.4) is 0 Å². The first-order valence-corrected chi connectivity index (χ1v) is 8.40. The number of hydrogen-bond acceptors (Lipinski definition) is 2. The monoisotopic (exact) mass is 384 g/mol. The molecule has 3 aromatic rings. The molecule has 122 valence electrons. The van der Waals surface area contributed by atoms with Crippen LogP contribution in [0.2, 0.25) is 0 Å². The highest BCUT2D eigenvalue weighted by Crippen LogP contribution is 2.20. The number of hydrogen-bond donors (Lipinski definition) is 1. The molecule has 0 aliphatic heterocycles. The lowest BCUT2D eigenvalue weighted by atomic mass is 10.1. The molecule has 0 aliphatic rings. The Morgan fingerprint density at radius 2 is 1.83 bits per heavy atom. The predicted octanol–water partition coefficient (Wildman–Crippen LogP) is 4.02. The van der Waals surface area contributed by atoms with Crippen molar-refractivity contribution in [2.45, 2.75) is 20.4 Å². The van der Waals surface area contributed by atoms with E-state index in [-0.39, 0.29) is 18.0 Å². The van der Waals surface area contributed by atoms with Gasteiger partial charge in [0.2, 0.25) is 5.91 Å². The lowest BCUT2D eigenvalue weighted by Crippen LogP contribution is -2.28. The zero-order valence-electron chi connectivity index (χ0n) is 13.5. The number of amides is 1. The predicted molar refractivity (Wildman–Crippen MR) is 100 cm³/mol. The van der Waals surface area contributed by atoms with Crippen LogP contribution in [0.5, 0.6) is 0 Å². The number of aryl methyl sites for hydroxylation is 2. The second kappa shape index (κ2) is 6.61. The van der Waals surface area contributed by atoms with Crippen LogP contribution in [0.15, 0.2) is 57.8 Å². The lowest BCUT2D eigenvalue weighted by molar-refractivity contribution is -0.116. The molecule has 0 saturated heterocycles. The normalized spacial score (nSPS) is 10.8. The summed E-state index contributed by atoms with van der Waals surface area (Å²) in [5.74, 6) is -0.225. The van der Waals surface area contributed by atoms with Crippen molar-refractivity contribution in [1.29, 1.82) is 0 Å². The Morgan fingerprint density at radius 1 is 1.08 bits per heavy atom. The van der Waals surface area contributed by atoms with Gasteiger partial charge in [-0.2, -0.15) is 0 Å². The van der Waals surface area contributed by atoms with Crippen LogP contribution < -0.4 is 10.9 Å². The zero-order valence-corrected chi connectivity index (χ0v) is 15.1. The average Bonchev–Trinajstić information content (AvgIpc) is 2.54. The Labute approximate surface area is 148 Å². The minimum absolute atomic E-state index is 0.0187. The van der Waals surface area contributed by atoms with Crippen LogP contribution in [-0.2, 0) is 11.3 Å². The summed E-state index contributed by atoms with van der Waals surface area (Å²) in [5, 5.41) is 3.85. The Morgan fingerprint density at radius 3 is 2.58 bits per heavy atom.